The van der Waals surface area contributed by atoms with E-state index < -0.39 is 0 Å². The number of hydrogen-bond acceptors (Lipinski definition) is 5. The average Bonchev–Trinajstić information content (AvgIpc) is 2.75. The fourth-order valence-electron chi connectivity index (χ4n) is 1.57. The lowest BCUT2D eigenvalue weighted by Gasteiger charge is -2.20. The van der Waals surface area contributed by atoms with Crippen molar-refractivity contribution in [1.29, 1.82) is 0 Å². The number of anilines is 1. The molecule has 0 aliphatic heterocycles. The number of aliphatic hydroxyl groups excluding tert-OH is 1. The maximum Gasteiger partial charge on any atom is 0.254 e. The predicted octanol–water partition coefficient (Wildman–Crippen LogP) is 0.862. The molecule has 2 atom stereocenters. The van der Waals surface area contributed by atoms with Gasteiger partial charge in [0, 0.05) is 24.4 Å². The molecule has 2 unspecified atom stereocenters. The van der Waals surface area contributed by atoms with Crippen LogP contribution < -0.4 is 5.32 Å². The minimum atomic E-state index is 0.147. The summed E-state index contributed by atoms with van der Waals surface area (Å²) in [5, 5.41) is 16.6. The second kappa shape index (κ2) is 4.67. The Bertz CT molecular complexity index is 510. The van der Waals surface area contributed by atoms with Gasteiger partial charge in [0.25, 0.3) is 5.78 Å². The van der Waals surface area contributed by atoms with E-state index >= 15 is 0 Å². The van der Waals surface area contributed by atoms with E-state index in [4.69, 9.17) is 5.11 Å². The van der Waals surface area contributed by atoms with Gasteiger partial charge in [-0.3, -0.25) is 0 Å². The number of aryl methyl sites for hydroxylation is 1. The number of aliphatic hydroxyl groups is 1. The highest BCUT2D eigenvalue weighted by Crippen LogP contribution is 2.14. The van der Waals surface area contributed by atoms with Crippen LogP contribution in [0.2, 0.25) is 0 Å². The van der Waals surface area contributed by atoms with Crippen LogP contribution in [-0.2, 0) is 0 Å². The first-order valence-electron chi connectivity index (χ1n) is 5.66. The summed E-state index contributed by atoms with van der Waals surface area (Å²) in [6.45, 7) is 6.09. The van der Waals surface area contributed by atoms with Gasteiger partial charge in [0.15, 0.2) is 0 Å². The second-order valence-corrected chi connectivity index (χ2v) is 4.35. The van der Waals surface area contributed by atoms with Gasteiger partial charge in [-0.1, -0.05) is 6.92 Å². The number of fused-ring (bicyclic) bond motifs is 1. The number of nitrogens with one attached hydrogen (secondary N) is 1. The fraction of sp³-hybridized carbons (Fsp3) is 0.545. The van der Waals surface area contributed by atoms with Crippen molar-refractivity contribution >= 4 is 11.6 Å². The van der Waals surface area contributed by atoms with Crippen LogP contribution in [0.1, 0.15) is 19.5 Å². The Kier molecular flexibility index (Phi) is 3.23. The normalized spacial score (nSPS) is 14.8. The van der Waals surface area contributed by atoms with Crippen LogP contribution in [0.4, 0.5) is 5.82 Å². The summed E-state index contributed by atoms with van der Waals surface area (Å²) in [6, 6.07) is 2.07. The molecule has 0 spiro atoms. The van der Waals surface area contributed by atoms with Crippen molar-refractivity contribution in [2.45, 2.75) is 26.8 Å². The van der Waals surface area contributed by atoms with Crippen LogP contribution in [0.15, 0.2) is 12.4 Å². The lowest BCUT2D eigenvalue weighted by molar-refractivity contribution is 0.226. The van der Waals surface area contributed by atoms with E-state index in [2.05, 4.69) is 20.4 Å². The van der Waals surface area contributed by atoms with Crippen LogP contribution in [-0.4, -0.2) is 37.3 Å². The molecule has 2 aromatic heterocycles. The Hall–Kier alpha value is -1.69. The fourth-order valence-corrected chi connectivity index (χ4v) is 1.57. The van der Waals surface area contributed by atoms with Gasteiger partial charge in [0.2, 0.25) is 0 Å². The first-order chi connectivity index (χ1) is 8.11. The smallest absolute Gasteiger partial charge is 0.254 e. The zero-order chi connectivity index (χ0) is 12.4. The SMILES string of the molecule is Cc1cc(NC(C)C(C)CO)n2ncnc2n1. The molecular formula is C11H17N5O. The third-order valence-electron chi connectivity index (χ3n) is 2.90. The maximum absolute atomic E-state index is 9.12. The Morgan fingerprint density at radius 3 is 2.94 bits per heavy atom. The summed E-state index contributed by atoms with van der Waals surface area (Å²) in [5.41, 5.74) is 0.886. The Morgan fingerprint density at radius 2 is 2.24 bits per heavy atom. The summed E-state index contributed by atoms with van der Waals surface area (Å²) < 4.78 is 1.66. The lowest BCUT2D eigenvalue weighted by Crippen LogP contribution is -2.27. The van der Waals surface area contributed by atoms with Crippen LogP contribution in [0, 0.1) is 12.8 Å². The van der Waals surface area contributed by atoms with E-state index in [0.29, 0.717) is 5.78 Å². The van der Waals surface area contributed by atoms with E-state index in [9.17, 15) is 0 Å². The molecule has 6 nitrogen and oxygen atoms in total. The summed E-state index contributed by atoms with van der Waals surface area (Å²) in [6.07, 6.45) is 1.48. The molecule has 0 radical (unpaired) electrons. The zero-order valence-corrected chi connectivity index (χ0v) is 10.3. The molecule has 2 rings (SSSR count). The molecule has 2 aromatic rings. The van der Waals surface area contributed by atoms with Gasteiger partial charge in [-0.25, -0.2) is 4.98 Å². The van der Waals surface area contributed by atoms with Gasteiger partial charge in [0.1, 0.15) is 12.1 Å². The second-order valence-electron chi connectivity index (χ2n) is 4.35. The minimum Gasteiger partial charge on any atom is -0.396 e. The van der Waals surface area contributed by atoms with Crippen LogP contribution >= 0.6 is 0 Å². The van der Waals surface area contributed by atoms with Crippen molar-refractivity contribution in [2.24, 2.45) is 5.92 Å². The highest BCUT2D eigenvalue weighted by molar-refractivity contribution is 5.45. The molecule has 0 saturated carbocycles. The van der Waals surface area contributed by atoms with E-state index in [1.807, 2.05) is 26.8 Å². The van der Waals surface area contributed by atoms with Crippen molar-refractivity contribution in [3.8, 4) is 0 Å². The predicted molar refractivity (Wildman–Crippen MR) is 64.9 cm³/mol. The molecule has 0 amide bonds. The van der Waals surface area contributed by atoms with Crippen molar-refractivity contribution in [3.63, 3.8) is 0 Å². The average molecular weight is 235 g/mol. The minimum absolute atomic E-state index is 0.147. The third-order valence-corrected chi connectivity index (χ3v) is 2.90. The van der Waals surface area contributed by atoms with Crippen LogP contribution in [0.25, 0.3) is 5.78 Å². The van der Waals surface area contributed by atoms with E-state index in [1.165, 1.54) is 6.33 Å². The van der Waals surface area contributed by atoms with Gasteiger partial charge in [-0.15, -0.1) is 0 Å². The number of aromatic nitrogens is 4. The van der Waals surface area contributed by atoms with Crippen LogP contribution in [0.5, 0.6) is 0 Å². The Morgan fingerprint density at radius 1 is 1.47 bits per heavy atom. The number of hydrogen-bond donors (Lipinski definition) is 2. The highest BCUT2D eigenvalue weighted by Gasteiger charge is 2.13. The summed E-state index contributed by atoms with van der Waals surface area (Å²) in [4.78, 5) is 8.33. The standard InChI is InChI=1S/C11H17N5O/c1-7(5-17)9(3)15-10-4-8(2)14-11-12-6-13-16(10)11/h4,6-7,9,15,17H,5H2,1-3H3. The molecule has 0 aromatic carbocycles. The zero-order valence-electron chi connectivity index (χ0n) is 10.3. The molecule has 0 saturated heterocycles. The van der Waals surface area contributed by atoms with Crippen molar-refractivity contribution < 1.29 is 5.11 Å². The Labute approximate surface area is 99.7 Å². The van der Waals surface area contributed by atoms with Crippen molar-refractivity contribution in [3.05, 3.63) is 18.1 Å². The van der Waals surface area contributed by atoms with Crippen LogP contribution in [0.3, 0.4) is 0 Å². The molecule has 2 N–H and O–H groups in total. The summed E-state index contributed by atoms with van der Waals surface area (Å²) in [7, 11) is 0. The molecule has 0 aliphatic rings. The first-order valence-corrected chi connectivity index (χ1v) is 5.66. The molecule has 6 heteroatoms. The van der Waals surface area contributed by atoms with Gasteiger partial charge in [-0.2, -0.15) is 14.6 Å². The molecule has 2 heterocycles. The number of rotatable bonds is 4. The van der Waals surface area contributed by atoms with Crippen molar-refractivity contribution in [2.75, 3.05) is 11.9 Å². The molecule has 0 bridgehead atoms. The molecule has 0 fully saturated rings. The summed E-state index contributed by atoms with van der Waals surface area (Å²) in [5.74, 6) is 1.59. The molecule has 92 valence electrons. The Balaban J connectivity index is 2.31. The van der Waals surface area contributed by atoms with Gasteiger partial charge < -0.3 is 10.4 Å². The topological polar surface area (TPSA) is 75.3 Å². The van der Waals surface area contributed by atoms with Gasteiger partial charge >= 0.3 is 0 Å². The van der Waals surface area contributed by atoms with Gasteiger partial charge in [0.05, 0.1) is 0 Å². The third kappa shape index (κ3) is 2.36. The lowest BCUT2D eigenvalue weighted by atomic mass is 10.1. The van der Waals surface area contributed by atoms with E-state index in [0.717, 1.165) is 11.5 Å². The quantitative estimate of drug-likeness (QED) is 0.822. The summed E-state index contributed by atoms with van der Waals surface area (Å²) >= 11 is 0. The first kappa shape index (κ1) is 11.8. The van der Waals surface area contributed by atoms with Crippen molar-refractivity contribution in [1.82, 2.24) is 19.6 Å². The van der Waals surface area contributed by atoms with E-state index in [-0.39, 0.29) is 18.6 Å². The maximum atomic E-state index is 9.12. The molecular weight excluding hydrogens is 218 g/mol. The van der Waals surface area contributed by atoms with E-state index in [1.54, 1.807) is 4.52 Å². The molecule has 0 aliphatic carbocycles. The molecule has 17 heavy (non-hydrogen) atoms. The highest BCUT2D eigenvalue weighted by atomic mass is 16.3. The largest absolute Gasteiger partial charge is 0.396 e. The monoisotopic (exact) mass is 235 g/mol. The number of nitrogens with zero attached hydrogens (tertiary/aromatic N) is 4. The van der Waals surface area contributed by atoms with Gasteiger partial charge in [-0.05, 0) is 19.8 Å².